The van der Waals surface area contributed by atoms with E-state index < -0.39 is 17.7 Å². The van der Waals surface area contributed by atoms with Crippen molar-refractivity contribution in [3.8, 4) is 0 Å². The molecule has 6 heteroatoms. The van der Waals surface area contributed by atoms with Crippen LogP contribution in [0.3, 0.4) is 0 Å². The lowest BCUT2D eigenvalue weighted by atomic mass is 9.99. The molecule has 19 heavy (non-hydrogen) atoms. The lowest BCUT2D eigenvalue weighted by Gasteiger charge is -2.16. The Kier molecular flexibility index (Phi) is 4.46. The molecule has 2 rings (SSSR count). The van der Waals surface area contributed by atoms with Crippen LogP contribution in [0, 0.1) is 11.6 Å². The second kappa shape index (κ2) is 5.75. The summed E-state index contributed by atoms with van der Waals surface area (Å²) >= 11 is 14.9. The first kappa shape index (κ1) is 14.7. The van der Waals surface area contributed by atoms with Crippen molar-refractivity contribution in [2.24, 2.45) is 5.73 Å². The fraction of sp³-hybridized carbons (Fsp3) is 0.0769. The first-order chi connectivity index (χ1) is 8.91. The van der Waals surface area contributed by atoms with E-state index in [0.717, 1.165) is 6.07 Å². The van der Waals surface area contributed by atoms with E-state index in [4.69, 9.17) is 28.9 Å². The van der Waals surface area contributed by atoms with Gasteiger partial charge in [0.1, 0.15) is 0 Å². The fourth-order valence-electron chi connectivity index (χ4n) is 1.70. The fourth-order valence-corrected chi connectivity index (χ4v) is 2.69. The van der Waals surface area contributed by atoms with Gasteiger partial charge in [0.15, 0.2) is 11.6 Å². The van der Waals surface area contributed by atoms with Crippen molar-refractivity contribution in [2.75, 3.05) is 0 Å². The van der Waals surface area contributed by atoms with Crippen LogP contribution in [0.1, 0.15) is 17.2 Å². The lowest BCUT2D eigenvalue weighted by molar-refractivity contribution is 0.501. The van der Waals surface area contributed by atoms with E-state index in [1.165, 1.54) is 6.07 Å². The van der Waals surface area contributed by atoms with Gasteiger partial charge < -0.3 is 5.73 Å². The summed E-state index contributed by atoms with van der Waals surface area (Å²) in [4.78, 5) is 0. The Balaban J connectivity index is 2.53. The molecule has 1 unspecified atom stereocenters. The van der Waals surface area contributed by atoms with Gasteiger partial charge in [-0.05, 0) is 51.3 Å². The molecule has 0 saturated carbocycles. The molecule has 0 radical (unpaired) electrons. The normalized spacial score (nSPS) is 12.5. The van der Waals surface area contributed by atoms with Crippen LogP contribution in [0.2, 0.25) is 10.0 Å². The van der Waals surface area contributed by atoms with Gasteiger partial charge in [-0.3, -0.25) is 0 Å². The van der Waals surface area contributed by atoms with Gasteiger partial charge in [0.2, 0.25) is 0 Å². The predicted octanol–water partition coefficient (Wildman–Crippen LogP) is 5.08. The van der Waals surface area contributed by atoms with E-state index in [0.29, 0.717) is 21.2 Å². The maximum absolute atomic E-state index is 13.5. The minimum Gasteiger partial charge on any atom is -0.320 e. The van der Waals surface area contributed by atoms with Crippen LogP contribution in [0.4, 0.5) is 8.78 Å². The third-order valence-electron chi connectivity index (χ3n) is 2.69. The number of rotatable bonds is 2. The van der Waals surface area contributed by atoms with Crippen LogP contribution in [0.25, 0.3) is 0 Å². The molecule has 0 aromatic heterocycles. The van der Waals surface area contributed by atoms with Gasteiger partial charge >= 0.3 is 0 Å². The van der Waals surface area contributed by atoms with E-state index in [1.807, 2.05) is 0 Å². The maximum atomic E-state index is 13.5. The monoisotopic (exact) mass is 365 g/mol. The number of hydrogen-bond acceptors (Lipinski definition) is 1. The van der Waals surface area contributed by atoms with Crippen LogP contribution in [-0.4, -0.2) is 0 Å². The largest absolute Gasteiger partial charge is 0.320 e. The van der Waals surface area contributed by atoms with Gasteiger partial charge in [-0.15, -0.1) is 0 Å². The Bertz CT molecular complexity index is 634. The molecule has 0 aliphatic heterocycles. The summed E-state index contributed by atoms with van der Waals surface area (Å²) in [7, 11) is 0. The highest BCUT2D eigenvalue weighted by Gasteiger charge is 2.19. The Labute approximate surface area is 127 Å². The molecule has 0 aliphatic rings. The third kappa shape index (κ3) is 2.92. The van der Waals surface area contributed by atoms with Gasteiger partial charge in [0.05, 0.1) is 10.5 Å². The summed E-state index contributed by atoms with van der Waals surface area (Å²) in [6.45, 7) is 0. The summed E-state index contributed by atoms with van der Waals surface area (Å²) in [5.41, 5.74) is 6.98. The molecule has 0 aliphatic carbocycles. The highest BCUT2D eigenvalue weighted by molar-refractivity contribution is 9.10. The van der Waals surface area contributed by atoms with Crippen molar-refractivity contribution in [3.63, 3.8) is 0 Å². The molecule has 0 heterocycles. The minimum atomic E-state index is -0.980. The zero-order valence-corrected chi connectivity index (χ0v) is 12.5. The molecular formula is C13H8BrCl2F2N. The van der Waals surface area contributed by atoms with Crippen molar-refractivity contribution in [1.29, 1.82) is 0 Å². The van der Waals surface area contributed by atoms with Crippen LogP contribution in [0.5, 0.6) is 0 Å². The third-order valence-corrected chi connectivity index (χ3v) is 4.08. The van der Waals surface area contributed by atoms with Crippen molar-refractivity contribution < 1.29 is 8.78 Å². The lowest BCUT2D eigenvalue weighted by Crippen LogP contribution is -2.14. The molecule has 100 valence electrons. The quantitative estimate of drug-likeness (QED) is 0.736. The Morgan fingerprint density at radius 3 is 2.42 bits per heavy atom. The molecule has 0 fully saturated rings. The highest BCUT2D eigenvalue weighted by atomic mass is 79.9. The number of benzene rings is 2. The van der Waals surface area contributed by atoms with Crippen LogP contribution in [0.15, 0.2) is 34.8 Å². The van der Waals surface area contributed by atoms with E-state index in [9.17, 15) is 8.78 Å². The van der Waals surface area contributed by atoms with E-state index in [1.54, 1.807) is 18.2 Å². The van der Waals surface area contributed by atoms with E-state index in [-0.39, 0.29) is 4.47 Å². The summed E-state index contributed by atoms with van der Waals surface area (Å²) in [5, 5.41) is 0.877. The second-order valence-corrected chi connectivity index (χ2v) is 5.54. The van der Waals surface area contributed by atoms with Crippen LogP contribution >= 0.6 is 39.1 Å². The Morgan fingerprint density at radius 1 is 1.05 bits per heavy atom. The van der Waals surface area contributed by atoms with Crippen molar-refractivity contribution >= 4 is 39.1 Å². The number of nitrogens with two attached hydrogens (primary N) is 1. The molecule has 0 saturated heterocycles. The SMILES string of the molecule is NC(c1cc(Cl)ccc1Cl)c1ccc(F)c(F)c1Br. The minimum absolute atomic E-state index is 0.0176. The zero-order valence-electron chi connectivity index (χ0n) is 9.43. The maximum Gasteiger partial charge on any atom is 0.173 e. The summed E-state index contributed by atoms with van der Waals surface area (Å²) in [6, 6.07) is 6.55. The summed E-state index contributed by atoms with van der Waals surface area (Å²) < 4.78 is 26.6. The predicted molar refractivity (Wildman–Crippen MR) is 76.6 cm³/mol. The molecule has 2 aromatic carbocycles. The van der Waals surface area contributed by atoms with Crippen molar-refractivity contribution in [2.45, 2.75) is 6.04 Å². The van der Waals surface area contributed by atoms with E-state index in [2.05, 4.69) is 15.9 Å². The molecule has 2 N–H and O–H groups in total. The highest BCUT2D eigenvalue weighted by Crippen LogP contribution is 2.34. The molecular weight excluding hydrogens is 359 g/mol. The zero-order chi connectivity index (χ0) is 14.2. The van der Waals surface area contributed by atoms with Gasteiger partial charge in [0.25, 0.3) is 0 Å². The molecule has 0 spiro atoms. The molecule has 1 atom stereocenters. The smallest absolute Gasteiger partial charge is 0.173 e. The Hall–Kier alpha value is -0.680. The second-order valence-electron chi connectivity index (χ2n) is 3.91. The van der Waals surface area contributed by atoms with Crippen LogP contribution < -0.4 is 5.73 Å². The molecule has 0 bridgehead atoms. The van der Waals surface area contributed by atoms with Gasteiger partial charge in [-0.25, -0.2) is 8.78 Å². The summed E-state index contributed by atoms with van der Waals surface area (Å²) in [5.74, 6) is -1.92. The van der Waals surface area contributed by atoms with E-state index >= 15 is 0 Å². The molecule has 2 aromatic rings. The van der Waals surface area contributed by atoms with Gasteiger partial charge in [0, 0.05) is 10.0 Å². The molecule has 1 nitrogen and oxygen atoms in total. The van der Waals surface area contributed by atoms with Crippen molar-refractivity contribution in [1.82, 2.24) is 0 Å². The number of hydrogen-bond donors (Lipinski definition) is 1. The van der Waals surface area contributed by atoms with Gasteiger partial charge in [-0.1, -0.05) is 29.3 Å². The topological polar surface area (TPSA) is 26.0 Å². The van der Waals surface area contributed by atoms with Crippen LogP contribution in [-0.2, 0) is 0 Å². The average Bonchev–Trinajstić information content (AvgIpc) is 2.38. The Morgan fingerprint density at radius 2 is 1.74 bits per heavy atom. The average molecular weight is 367 g/mol. The first-order valence-corrected chi connectivity index (χ1v) is 6.80. The summed E-state index contributed by atoms with van der Waals surface area (Å²) in [6.07, 6.45) is 0. The van der Waals surface area contributed by atoms with Gasteiger partial charge in [-0.2, -0.15) is 0 Å². The first-order valence-electron chi connectivity index (χ1n) is 5.25. The van der Waals surface area contributed by atoms with Crippen molar-refractivity contribution in [3.05, 3.63) is 67.6 Å². The molecule has 0 amide bonds. The number of halogens is 5. The standard InChI is InChI=1S/C13H8BrCl2F2N/c14-11-7(2-4-10(17)12(11)18)13(19)8-5-6(15)1-3-9(8)16/h1-5,13H,19H2.